The second-order valence-corrected chi connectivity index (χ2v) is 10.1. The lowest BCUT2D eigenvalue weighted by atomic mass is 9.98. The van der Waals surface area contributed by atoms with Gasteiger partial charge < -0.3 is 9.88 Å². The van der Waals surface area contributed by atoms with Crippen LogP contribution >= 0.6 is 0 Å². The molecule has 0 aliphatic carbocycles. The van der Waals surface area contributed by atoms with E-state index in [1.807, 2.05) is 38.1 Å². The third-order valence-corrected chi connectivity index (χ3v) is 7.03. The number of aryl methyl sites for hydroxylation is 1. The number of benzene rings is 4. The van der Waals surface area contributed by atoms with Gasteiger partial charge in [-0.15, -0.1) is 0 Å². The third-order valence-electron chi connectivity index (χ3n) is 7.03. The van der Waals surface area contributed by atoms with Gasteiger partial charge in [0.05, 0.1) is 17.1 Å². The molecule has 40 heavy (non-hydrogen) atoms. The number of nitrogens with one attached hydrogen (secondary N) is 1. The Morgan fingerprint density at radius 1 is 0.825 bits per heavy atom. The van der Waals surface area contributed by atoms with Gasteiger partial charge in [-0.3, -0.25) is 4.79 Å². The van der Waals surface area contributed by atoms with Gasteiger partial charge in [0.1, 0.15) is 5.82 Å². The van der Waals surface area contributed by atoms with Crippen molar-refractivity contribution in [2.75, 3.05) is 0 Å². The van der Waals surface area contributed by atoms with Crippen LogP contribution in [0.25, 0.3) is 22.2 Å². The number of carbonyl (C=O) groups excluding carboxylic acids is 3. The molecule has 0 fully saturated rings. The number of rotatable bonds is 7. The Bertz CT molecular complexity index is 1630. The highest BCUT2D eigenvalue weighted by molar-refractivity contribution is 5.97. The Labute approximate surface area is 234 Å². The van der Waals surface area contributed by atoms with Crippen LogP contribution in [0.15, 0.2) is 97.1 Å². The summed E-state index contributed by atoms with van der Waals surface area (Å²) in [5, 5.41) is 3.17. The molecule has 0 radical (unpaired) electrons. The summed E-state index contributed by atoms with van der Waals surface area (Å²) in [6.45, 7) is 9.10. The van der Waals surface area contributed by atoms with Gasteiger partial charge in [0.2, 0.25) is 0 Å². The minimum Gasteiger partial charge on any atom is -0.346 e. The summed E-state index contributed by atoms with van der Waals surface area (Å²) in [5.74, 6) is 1.30. The number of fused-ring (bicyclic) bond motifs is 1. The highest BCUT2D eigenvalue weighted by atomic mass is 16.2. The number of nitrogens with zero attached hydrogens (tertiary/aromatic N) is 2. The second-order valence-electron chi connectivity index (χ2n) is 10.1. The molecule has 5 rings (SSSR count). The topological polar surface area (TPSA) is 81.1 Å². The standard InChI is InChI=1S/C33H33N3O.CO2/c1-22(2)28-11-8-12-29(19-28)23(3)34-33(37)30-17-18-31-32(20-30)36(24(4)35-31)21-25-13-15-27(16-14-25)26-9-6-5-7-10-26;2-1-3/h5-20,22-23H,21H2,1-4H3,(H,34,37);/t23-;/m0./s1. The smallest absolute Gasteiger partial charge is 0.346 e. The van der Waals surface area contributed by atoms with Crippen LogP contribution in [0.5, 0.6) is 0 Å². The van der Waals surface area contributed by atoms with Gasteiger partial charge in [0, 0.05) is 12.1 Å². The maximum absolute atomic E-state index is 13.2. The van der Waals surface area contributed by atoms with Crippen LogP contribution in [0.2, 0.25) is 0 Å². The Morgan fingerprint density at radius 2 is 1.48 bits per heavy atom. The fraction of sp³-hybridized carbons (Fsp3) is 0.206. The molecule has 5 aromatic rings. The van der Waals surface area contributed by atoms with Gasteiger partial charge in [0.25, 0.3) is 5.91 Å². The van der Waals surface area contributed by atoms with Gasteiger partial charge in [-0.05, 0) is 65.8 Å². The maximum atomic E-state index is 13.2. The summed E-state index contributed by atoms with van der Waals surface area (Å²) in [7, 11) is 0. The quantitative estimate of drug-likeness (QED) is 0.243. The van der Waals surface area contributed by atoms with Crippen molar-refractivity contribution in [3.8, 4) is 11.1 Å². The third kappa shape index (κ3) is 6.60. The minimum absolute atomic E-state index is 0.0815. The van der Waals surface area contributed by atoms with Crippen molar-refractivity contribution in [3.63, 3.8) is 0 Å². The van der Waals surface area contributed by atoms with Crippen molar-refractivity contribution in [2.45, 2.75) is 46.2 Å². The lowest BCUT2D eigenvalue weighted by Gasteiger charge is -2.16. The van der Waals surface area contributed by atoms with Gasteiger partial charge in [-0.1, -0.05) is 92.7 Å². The molecule has 1 atom stereocenters. The molecule has 6 nitrogen and oxygen atoms in total. The van der Waals surface area contributed by atoms with Crippen molar-refractivity contribution in [2.24, 2.45) is 0 Å². The maximum Gasteiger partial charge on any atom is 0.373 e. The first kappa shape index (κ1) is 28.2. The van der Waals surface area contributed by atoms with E-state index in [1.54, 1.807) is 0 Å². The van der Waals surface area contributed by atoms with Gasteiger partial charge in [-0.2, -0.15) is 9.59 Å². The molecule has 1 N–H and O–H groups in total. The summed E-state index contributed by atoms with van der Waals surface area (Å²) in [5.41, 5.74) is 8.48. The molecule has 0 saturated carbocycles. The average Bonchev–Trinajstić information content (AvgIpc) is 3.28. The lowest BCUT2D eigenvalue weighted by Crippen LogP contribution is -2.26. The molecule has 0 aliphatic heterocycles. The van der Waals surface area contributed by atoms with Gasteiger partial charge in [0.15, 0.2) is 0 Å². The molecule has 6 heteroatoms. The van der Waals surface area contributed by atoms with Crippen LogP contribution in [-0.4, -0.2) is 21.6 Å². The first-order valence-electron chi connectivity index (χ1n) is 13.3. The van der Waals surface area contributed by atoms with Crippen molar-refractivity contribution in [1.29, 1.82) is 0 Å². The monoisotopic (exact) mass is 531 g/mol. The number of amides is 1. The van der Waals surface area contributed by atoms with E-state index >= 15 is 0 Å². The largest absolute Gasteiger partial charge is 0.373 e. The van der Waals surface area contributed by atoms with Crippen LogP contribution in [0, 0.1) is 6.92 Å². The molecule has 0 bridgehead atoms. The predicted octanol–water partition coefficient (Wildman–Crippen LogP) is 7.09. The normalized spacial score (nSPS) is 11.4. The number of hydrogen-bond acceptors (Lipinski definition) is 4. The number of carbonyl (C=O) groups is 1. The van der Waals surface area contributed by atoms with Gasteiger partial charge in [-0.25, -0.2) is 4.98 Å². The van der Waals surface area contributed by atoms with E-state index < -0.39 is 0 Å². The number of aromatic nitrogens is 2. The van der Waals surface area contributed by atoms with Crippen LogP contribution in [0.4, 0.5) is 0 Å². The Kier molecular flexibility index (Phi) is 9.05. The highest BCUT2D eigenvalue weighted by Crippen LogP contribution is 2.24. The van der Waals surface area contributed by atoms with Gasteiger partial charge >= 0.3 is 6.15 Å². The van der Waals surface area contributed by atoms with E-state index in [1.165, 1.54) is 22.3 Å². The SMILES string of the molecule is Cc1nc2ccc(C(=O)N[C@@H](C)c3cccc(C(C)C)c3)cc2n1Cc1ccc(-c2ccccc2)cc1.O=C=O. The summed E-state index contributed by atoms with van der Waals surface area (Å²) < 4.78 is 2.18. The van der Waals surface area contributed by atoms with Crippen molar-refractivity contribution < 1.29 is 14.4 Å². The van der Waals surface area contributed by atoms with Crippen molar-refractivity contribution in [3.05, 3.63) is 125 Å². The molecular weight excluding hydrogens is 498 g/mol. The number of imidazole rings is 1. The fourth-order valence-corrected chi connectivity index (χ4v) is 4.75. The zero-order valence-corrected chi connectivity index (χ0v) is 23.2. The van der Waals surface area contributed by atoms with Crippen molar-refractivity contribution >= 4 is 23.1 Å². The first-order valence-corrected chi connectivity index (χ1v) is 13.3. The predicted molar refractivity (Wildman–Crippen MR) is 157 cm³/mol. The summed E-state index contributed by atoms with van der Waals surface area (Å²) in [6, 6.07) is 33.2. The molecule has 0 aliphatic rings. The zero-order chi connectivity index (χ0) is 28.6. The minimum atomic E-state index is -0.0864. The van der Waals surface area contributed by atoms with E-state index in [0.29, 0.717) is 18.0 Å². The Hall–Kier alpha value is -4.80. The summed E-state index contributed by atoms with van der Waals surface area (Å²) >= 11 is 0. The molecular formula is C34H33N3O3. The molecule has 0 spiro atoms. The highest BCUT2D eigenvalue weighted by Gasteiger charge is 2.15. The lowest BCUT2D eigenvalue weighted by molar-refractivity contribution is -0.191. The average molecular weight is 532 g/mol. The van der Waals surface area contributed by atoms with Crippen LogP contribution < -0.4 is 5.32 Å². The van der Waals surface area contributed by atoms with E-state index in [4.69, 9.17) is 14.6 Å². The number of hydrogen-bond donors (Lipinski definition) is 1. The molecule has 1 heterocycles. The van der Waals surface area contributed by atoms with Crippen molar-refractivity contribution in [1.82, 2.24) is 14.9 Å². The molecule has 202 valence electrons. The second kappa shape index (κ2) is 12.8. The zero-order valence-electron chi connectivity index (χ0n) is 23.2. The van der Waals surface area contributed by atoms with E-state index in [-0.39, 0.29) is 18.1 Å². The van der Waals surface area contributed by atoms with Crippen LogP contribution in [-0.2, 0) is 16.1 Å². The molecule has 1 amide bonds. The summed E-state index contributed by atoms with van der Waals surface area (Å²) in [4.78, 5) is 34.2. The molecule has 0 unspecified atom stereocenters. The van der Waals surface area contributed by atoms with Crippen LogP contribution in [0.3, 0.4) is 0 Å². The van der Waals surface area contributed by atoms with E-state index in [9.17, 15) is 4.79 Å². The summed E-state index contributed by atoms with van der Waals surface area (Å²) in [6.07, 6.45) is 0.250. The Morgan fingerprint density at radius 3 is 2.15 bits per heavy atom. The fourth-order valence-electron chi connectivity index (χ4n) is 4.75. The Balaban J connectivity index is 0.00000118. The van der Waals surface area contributed by atoms with E-state index in [2.05, 4.69) is 96.5 Å². The first-order chi connectivity index (χ1) is 19.3. The molecule has 0 saturated heterocycles. The molecule has 1 aromatic heterocycles. The molecule has 4 aromatic carbocycles. The van der Waals surface area contributed by atoms with Crippen LogP contribution in [0.1, 0.15) is 65.6 Å². The van der Waals surface area contributed by atoms with E-state index in [0.717, 1.165) is 22.4 Å².